The van der Waals surface area contributed by atoms with Crippen molar-refractivity contribution in [3.63, 3.8) is 0 Å². The van der Waals surface area contributed by atoms with Crippen molar-refractivity contribution in [2.24, 2.45) is 11.8 Å². The third-order valence-corrected chi connectivity index (χ3v) is 4.54. The standard InChI is InChI=1S/C18H24F2O2/c1-2-3-13-4-6-14(7-5-13)8-11-18(21)22-15-9-10-16(19)17(20)12-15/h9-10,12-14H,2-8,11H2,1H3/t13-,14-. The fraction of sp³-hybridized carbons (Fsp3) is 0.611. The molecule has 0 amide bonds. The molecule has 0 aromatic heterocycles. The number of benzene rings is 1. The molecule has 122 valence electrons. The molecular weight excluding hydrogens is 286 g/mol. The summed E-state index contributed by atoms with van der Waals surface area (Å²) in [6.45, 7) is 2.22. The largest absolute Gasteiger partial charge is 0.426 e. The molecule has 1 saturated carbocycles. The van der Waals surface area contributed by atoms with E-state index in [0.717, 1.165) is 24.5 Å². The second-order valence-corrected chi connectivity index (χ2v) is 6.26. The molecule has 4 heteroatoms. The van der Waals surface area contributed by atoms with Crippen LogP contribution in [0.4, 0.5) is 8.78 Å². The Balaban J connectivity index is 1.71. The SMILES string of the molecule is CCC[C@H]1CC[C@H](CCC(=O)Oc2ccc(F)c(F)c2)CC1. The zero-order valence-electron chi connectivity index (χ0n) is 13.1. The van der Waals surface area contributed by atoms with Gasteiger partial charge in [-0.05, 0) is 30.4 Å². The van der Waals surface area contributed by atoms with Crippen molar-refractivity contribution in [3.05, 3.63) is 29.8 Å². The number of ether oxygens (including phenoxy) is 1. The van der Waals surface area contributed by atoms with E-state index in [1.165, 1.54) is 44.6 Å². The summed E-state index contributed by atoms with van der Waals surface area (Å²) in [7, 11) is 0. The van der Waals surface area contributed by atoms with Crippen LogP contribution in [-0.2, 0) is 4.79 Å². The predicted octanol–water partition coefficient (Wildman–Crippen LogP) is 5.26. The van der Waals surface area contributed by atoms with E-state index >= 15 is 0 Å². The highest BCUT2D eigenvalue weighted by Gasteiger charge is 2.21. The second-order valence-electron chi connectivity index (χ2n) is 6.26. The van der Waals surface area contributed by atoms with Gasteiger partial charge in [-0.1, -0.05) is 45.4 Å². The van der Waals surface area contributed by atoms with Gasteiger partial charge in [0.15, 0.2) is 11.6 Å². The number of carbonyl (C=O) groups excluding carboxylic acids is 1. The Kier molecular flexibility index (Phi) is 6.34. The molecule has 1 aromatic carbocycles. The van der Waals surface area contributed by atoms with Gasteiger partial charge < -0.3 is 4.74 Å². The van der Waals surface area contributed by atoms with E-state index < -0.39 is 11.6 Å². The van der Waals surface area contributed by atoms with Crippen LogP contribution < -0.4 is 4.74 Å². The highest BCUT2D eigenvalue weighted by atomic mass is 19.2. The first-order valence-electron chi connectivity index (χ1n) is 8.24. The Morgan fingerprint density at radius 3 is 2.32 bits per heavy atom. The van der Waals surface area contributed by atoms with Gasteiger partial charge in [-0.3, -0.25) is 4.79 Å². The first-order valence-corrected chi connectivity index (χ1v) is 8.24. The van der Waals surface area contributed by atoms with Crippen molar-refractivity contribution in [3.8, 4) is 5.75 Å². The van der Waals surface area contributed by atoms with Crippen LogP contribution in [-0.4, -0.2) is 5.97 Å². The minimum Gasteiger partial charge on any atom is -0.426 e. The van der Waals surface area contributed by atoms with Crippen LogP contribution in [0.1, 0.15) is 58.3 Å². The normalized spacial score (nSPS) is 21.6. The van der Waals surface area contributed by atoms with Crippen LogP contribution >= 0.6 is 0 Å². The molecule has 0 N–H and O–H groups in total. The predicted molar refractivity (Wildman–Crippen MR) is 81.6 cm³/mol. The molecule has 0 heterocycles. The molecule has 0 unspecified atom stereocenters. The Labute approximate surface area is 130 Å². The molecule has 0 aliphatic heterocycles. The quantitative estimate of drug-likeness (QED) is 0.529. The third kappa shape index (κ3) is 5.08. The van der Waals surface area contributed by atoms with Gasteiger partial charge in [-0.25, -0.2) is 8.78 Å². The molecule has 0 saturated heterocycles. The van der Waals surface area contributed by atoms with E-state index in [4.69, 9.17) is 4.74 Å². The lowest BCUT2D eigenvalue weighted by Gasteiger charge is -2.28. The molecule has 1 aliphatic rings. The Hall–Kier alpha value is -1.45. The van der Waals surface area contributed by atoms with Gasteiger partial charge in [0.05, 0.1) is 0 Å². The summed E-state index contributed by atoms with van der Waals surface area (Å²) in [6.07, 6.45) is 8.60. The van der Waals surface area contributed by atoms with Crippen molar-refractivity contribution in [2.75, 3.05) is 0 Å². The highest BCUT2D eigenvalue weighted by molar-refractivity contribution is 5.72. The van der Waals surface area contributed by atoms with Crippen molar-refractivity contribution >= 4 is 5.97 Å². The molecule has 0 spiro atoms. The zero-order valence-corrected chi connectivity index (χ0v) is 13.1. The molecule has 1 aromatic rings. The lowest BCUT2D eigenvalue weighted by molar-refractivity contribution is -0.134. The van der Waals surface area contributed by atoms with Gasteiger partial charge in [0, 0.05) is 12.5 Å². The van der Waals surface area contributed by atoms with Crippen LogP contribution in [0.25, 0.3) is 0 Å². The zero-order chi connectivity index (χ0) is 15.9. The van der Waals surface area contributed by atoms with Crippen LogP contribution in [0.2, 0.25) is 0 Å². The van der Waals surface area contributed by atoms with E-state index in [9.17, 15) is 13.6 Å². The maximum atomic E-state index is 13.0. The number of carbonyl (C=O) groups is 1. The number of halogens is 2. The first kappa shape index (κ1) is 16.9. The molecule has 2 nitrogen and oxygen atoms in total. The van der Waals surface area contributed by atoms with Gasteiger partial charge in [-0.15, -0.1) is 0 Å². The average Bonchev–Trinajstić information content (AvgIpc) is 2.51. The van der Waals surface area contributed by atoms with Crippen molar-refractivity contribution < 1.29 is 18.3 Å². The number of esters is 1. The van der Waals surface area contributed by atoms with Crippen LogP contribution in [0, 0.1) is 23.5 Å². The summed E-state index contributed by atoms with van der Waals surface area (Å²) in [6, 6.07) is 3.14. The summed E-state index contributed by atoms with van der Waals surface area (Å²) in [5, 5.41) is 0. The summed E-state index contributed by atoms with van der Waals surface area (Å²) in [5.74, 6) is -0.804. The van der Waals surface area contributed by atoms with Crippen LogP contribution in [0.5, 0.6) is 5.75 Å². The summed E-state index contributed by atoms with van der Waals surface area (Å²) < 4.78 is 30.9. The van der Waals surface area contributed by atoms with E-state index in [1.54, 1.807) is 0 Å². The maximum Gasteiger partial charge on any atom is 0.311 e. The molecule has 0 bridgehead atoms. The van der Waals surface area contributed by atoms with Crippen LogP contribution in [0.15, 0.2) is 18.2 Å². The first-order chi connectivity index (χ1) is 10.6. The molecular formula is C18H24F2O2. The maximum absolute atomic E-state index is 13.0. The van der Waals surface area contributed by atoms with Gasteiger partial charge in [0.2, 0.25) is 0 Å². The smallest absolute Gasteiger partial charge is 0.311 e. The molecule has 0 atom stereocenters. The van der Waals surface area contributed by atoms with Crippen molar-refractivity contribution in [2.45, 2.75) is 58.3 Å². The monoisotopic (exact) mass is 310 g/mol. The van der Waals surface area contributed by atoms with Gasteiger partial charge in [0.1, 0.15) is 5.75 Å². The summed E-state index contributed by atoms with van der Waals surface area (Å²) in [5.41, 5.74) is 0. The molecule has 2 rings (SSSR count). The van der Waals surface area contributed by atoms with Gasteiger partial charge >= 0.3 is 5.97 Å². The fourth-order valence-corrected chi connectivity index (χ4v) is 3.26. The second kappa shape index (κ2) is 8.25. The van der Waals surface area contributed by atoms with Gasteiger partial charge in [-0.2, -0.15) is 0 Å². The van der Waals surface area contributed by atoms with E-state index in [1.807, 2.05) is 0 Å². The van der Waals surface area contributed by atoms with Crippen molar-refractivity contribution in [1.29, 1.82) is 0 Å². The topological polar surface area (TPSA) is 26.3 Å². The van der Waals surface area contributed by atoms with Crippen molar-refractivity contribution in [1.82, 2.24) is 0 Å². The van der Waals surface area contributed by atoms with E-state index in [2.05, 4.69) is 6.92 Å². The molecule has 1 aliphatic carbocycles. The van der Waals surface area contributed by atoms with E-state index in [-0.39, 0.29) is 11.7 Å². The lowest BCUT2D eigenvalue weighted by Crippen LogP contribution is -2.17. The average molecular weight is 310 g/mol. The molecule has 0 radical (unpaired) electrons. The van der Waals surface area contributed by atoms with Gasteiger partial charge in [0.25, 0.3) is 0 Å². The number of hydrogen-bond donors (Lipinski definition) is 0. The lowest BCUT2D eigenvalue weighted by atomic mass is 9.78. The fourth-order valence-electron chi connectivity index (χ4n) is 3.26. The summed E-state index contributed by atoms with van der Waals surface area (Å²) in [4.78, 5) is 11.8. The minimum absolute atomic E-state index is 0.0653. The van der Waals surface area contributed by atoms with E-state index in [0.29, 0.717) is 12.3 Å². The summed E-state index contributed by atoms with van der Waals surface area (Å²) >= 11 is 0. The molecule has 1 fully saturated rings. The third-order valence-electron chi connectivity index (χ3n) is 4.54. The number of rotatable bonds is 6. The highest BCUT2D eigenvalue weighted by Crippen LogP contribution is 2.33. The minimum atomic E-state index is -1.00. The van der Waals surface area contributed by atoms with Crippen LogP contribution in [0.3, 0.4) is 0 Å². The Morgan fingerprint density at radius 2 is 1.73 bits per heavy atom. The Morgan fingerprint density at radius 1 is 1.09 bits per heavy atom. The number of hydrogen-bond acceptors (Lipinski definition) is 2. The Bertz CT molecular complexity index is 494. The molecule has 22 heavy (non-hydrogen) atoms.